The maximum Gasteiger partial charge on any atom is 0.247 e. The van der Waals surface area contributed by atoms with Gasteiger partial charge in [-0.15, -0.1) is 0 Å². The fraction of sp³-hybridized carbons (Fsp3) is 0.211. The molecule has 0 aliphatic carbocycles. The van der Waals surface area contributed by atoms with E-state index in [1.165, 1.54) is 36.0 Å². The third-order valence-electron chi connectivity index (χ3n) is 3.84. The first kappa shape index (κ1) is 19.4. The molecule has 0 aromatic heterocycles. The fourth-order valence-corrected chi connectivity index (χ4v) is 3.81. The molecule has 1 saturated heterocycles. The molecule has 1 aliphatic rings. The summed E-state index contributed by atoms with van der Waals surface area (Å²) in [6.07, 6.45) is 0.0614. The van der Waals surface area contributed by atoms with Crippen LogP contribution in [0.2, 0.25) is 5.02 Å². The molecule has 27 heavy (non-hydrogen) atoms. The molecule has 1 atom stereocenters. The van der Waals surface area contributed by atoms with Crippen LogP contribution in [0.4, 0.5) is 15.8 Å². The highest BCUT2D eigenvalue weighted by atomic mass is 35.5. The zero-order valence-electron chi connectivity index (χ0n) is 14.5. The molecule has 0 radical (unpaired) electrons. The molecule has 2 amide bonds. The molecule has 1 fully saturated rings. The summed E-state index contributed by atoms with van der Waals surface area (Å²) in [5, 5.41) is 3.73. The number of amidine groups is 1. The Labute approximate surface area is 165 Å². The largest absolute Gasteiger partial charge is 0.335 e. The van der Waals surface area contributed by atoms with Gasteiger partial charge in [-0.1, -0.05) is 23.4 Å². The van der Waals surface area contributed by atoms with Gasteiger partial charge in [-0.05, 0) is 55.5 Å². The first-order valence-corrected chi connectivity index (χ1v) is 9.59. The summed E-state index contributed by atoms with van der Waals surface area (Å²) >= 11 is 7.10. The highest BCUT2D eigenvalue weighted by Crippen LogP contribution is 2.31. The van der Waals surface area contributed by atoms with Gasteiger partial charge in [0.15, 0.2) is 5.17 Å². The third kappa shape index (κ3) is 4.67. The van der Waals surface area contributed by atoms with Crippen LogP contribution < -0.4 is 10.2 Å². The van der Waals surface area contributed by atoms with Crippen LogP contribution in [-0.2, 0) is 9.59 Å². The summed E-state index contributed by atoms with van der Waals surface area (Å²) in [6.45, 7) is 2.41. The first-order valence-electron chi connectivity index (χ1n) is 8.34. The second-order valence-electron chi connectivity index (χ2n) is 5.77. The lowest BCUT2D eigenvalue weighted by atomic mass is 10.3. The van der Waals surface area contributed by atoms with E-state index in [4.69, 9.17) is 11.6 Å². The molecular formula is C19H17ClFN3O2S. The SMILES string of the molecule is CCN=C(Nc1ccc(Cl)cc1)S[C@H]1CC(=O)N(c2ccc(F)cc2)C1=O. The number of nitrogens with zero attached hydrogens (tertiary/aromatic N) is 2. The molecule has 2 aromatic rings. The number of halogens is 2. The summed E-state index contributed by atoms with van der Waals surface area (Å²) < 4.78 is 13.1. The molecular weight excluding hydrogens is 389 g/mol. The summed E-state index contributed by atoms with van der Waals surface area (Å²) in [5.74, 6) is -1.07. The Kier molecular flexibility index (Phi) is 6.13. The van der Waals surface area contributed by atoms with E-state index in [0.29, 0.717) is 22.4 Å². The molecule has 1 aliphatic heterocycles. The summed E-state index contributed by atoms with van der Waals surface area (Å²) in [5.41, 5.74) is 1.15. The lowest BCUT2D eigenvalue weighted by Gasteiger charge is -2.16. The van der Waals surface area contributed by atoms with Crippen molar-refractivity contribution >= 4 is 51.7 Å². The first-order chi connectivity index (χ1) is 13.0. The highest BCUT2D eigenvalue weighted by Gasteiger charge is 2.40. The minimum atomic E-state index is -0.590. The van der Waals surface area contributed by atoms with Crippen molar-refractivity contribution in [1.82, 2.24) is 0 Å². The molecule has 2 aromatic carbocycles. The standard InChI is InChI=1S/C19H17ClFN3O2S/c1-2-22-19(23-14-7-3-12(20)4-8-14)27-16-11-17(25)24(18(16)26)15-9-5-13(21)6-10-15/h3-10,16H,2,11H2,1H3,(H,22,23)/t16-/m0/s1. The molecule has 140 valence electrons. The van der Waals surface area contributed by atoms with Crippen molar-refractivity contribution in [2.75, 3.05) is 16.8 Å². The van der Waals surface area contributed by atoms with Gasteiger partial charge >= 0.3 is 0 Å². The Morgan fingerprint density at radius 2 is 1.89 bits per heavy atom. The molecule has 0 unspecified atom stereocenters. The van der Waals surface area contributed by atoms with E-state index in [9.17, 15) is 14.0 Å². The minimum Gasteiger partial charge on any atom is -0.335 e. The van der Waals surface area contributed by atoms with Crippen molar-refractivity contribution in [1.29, 1.82) is 0 Å². The number of rotatable bonds is 4. The van der Waals surface area contributed by atoms with Gasteiger partial charge in [0.1, 0.15) is 11.1 Å². The van der Waals surface area contributed by atoms with Crippen molar-refractivity contribution < 1.29 is 14.0 Å². The van der Waals surface area contributed by atoms with Crippen molar-refractivity contribution in [3.05, 3.63) is 59.4 Å². The number of benzene rings is 2. The number of amides is 2. The minimum absolute atomic E-state index is 0.0614. The van der Waals surface area contributed by atoms with E-state index in [2.05, 4.69) is 10.3 Å². The number of nitrogens with one attached hydrogen (secondary N) is 1. The zero-order valence-corrected chi connectivity index (χ0v) is 16.1. The van der Waals surface area contributed by atoms with Crippen LogP contribution in [0.5, 0.6) is 0 Å². The topological polar surface area (TPSA) is 61.8 Å². The van der Waals surface area contributed by atoms with Crippen LogP contribution in [0, 0.1) is 5.82 Å². The van der Waals surface area contributed by atoms with Gasteiger partial charge in [-0.3, -0.25) is 14.6 Å². The van der Waals surface area contributed by atoms with Crippen molar-refractivity contribution in [2.45, 2.75) is 18.6 Å². The molecule has 0 saturated carbocycles. The van der Waals surface area contributed by atoms with Crippen molar-refractivity contribution in [3.8, 4) is 0 Å². The number of hydrogen-bond acceptors (Lipinski definition) is 4. The van der Waals surface area contributed by atoms with Crippen LogP contribution >= 0.6 is 23.4 Å². The zero-order chi connectivity index (χ0) is 19.4. The summed E-state index contributed by atoms with van der Waals surface area (Å²) in [7, 11) is 0. The summed E-state index contributed by atoms with van der Waals surface area (Å²) in [4.78, 5) is 30.5. The van der Waals surface area contributed by atoms with E-state index >= 15 is 0 Å². The average molecular weight is 406 g/mol. The van der Waals surface area contributed by atoms with Crippen LogP contribution in [0.25, 0.3) is 0 Å². The molecule has 3 rings (SSSR count). The molecule has 0 spiro atoms. The van der Waals surface area contributed by atoms with Gasteiger partial charge in [0.05, 0.1) is 5.69 Å². The number of hydrogen-bond donors (Lipinski definition) is 1. The average Bonchev–Trinajstić information content (AvgIpc) is 2.92. The molecule has 0 bridgehead atoms. The van der Waals surface area contributed by atoms with Gasteiger partial charge < -0.3 is 5.32 Å². The van der Waals surface area contributed by atoms with E-state index in [0.717, 1.165) is 10.6 Å². The lowest BCUT2D eigenvalue weighted by molar-refractivity contribution is -0.121. The van der Waals surface area contributed by atoms with Gasteiger partial charge in [0.2, 0.25) is 11.8 Å². The highest BCUT2D eigenvalue weighted by molar-refractivity contribution is 8.15. The maximum atomic E-state index is 13.1. The maximum absolute atomic E-state index is 13.1. The number of thioether (sulfide) groups is 1. The van der Waals surface area contributed by atoms with Gasteiger partial charge in [-0.2, -0.15) is 0 Å². The summed E-state index contributed by atoms with van der Waals surface area (Å²) in [6, 6.07) is 12.4. The predicted molar refractivity (Wildman–Crippen MR) is 108 cm³/mol. The van der Waals surface area contributed by atoms with Gasteiger partial charge in [0.25, 0.3) is 0 Å². The molecule has 8 heteroatoms. The van der Waals surface area contributed by atoms with Gasteiger partial charge in [0, 0.05) is 23.7 Å². The fourth-order valence-electron chi connectivity index (χ4n) is 2.60. The normalized spacial score (nSPS) is 17.5. The Balaban J connectivity index is 1.74. The van der Waals surface area contributed by atoms with Crippen LogP contribution in [0.1, 0.15) is 13.3 Å². The van der Waals surface area contributed by atoms with Crippen LogP contribution in [0.15, 0.2) is 53.5 Å². The van der Waals surface area contributed by atoms with Crippen LogP contribution in [0.3, 0.4) is 0 Å². The second kappa shape index (κ2) is 8.54. The second-order valence-corrected chi connectivity index (χ2v) is 7.39. The molecule has 1 heterocycles. The van der Waals surface area contributed by atoms with Crippen molar-refractivity contribution in [2.24, 2.45) is 4.99 Å². The number of imide groups is 1. The smallest absolute Gasteiger partial charge is 0.247 e. The number of carbonyl (C=O) groups is 2. The monoisotopic (exact) mass is 405 g/mol. The number of anilines is 2. The predicted octanol–water partition coefficient (Wildman–Crippen LogP) is 4.33. The van der Waals surface area contributed by atoms with E-state index in [1.807, 2.05) is 6.92 Å². The molecule has 1 N–H and O–H groups in total. The number of carbonyl (C=O) groups excluding carboxylic acids is 2. The lowest BCUT2D eigenvalue weighted by Crippen LogP contribution is -2.31. The number of aliphatic imine (C=N–C) groups is 1. The Hall–Kier alpha value is -2.38. The van der Waals surface area contributed by atoms with E-state index in [1.54, 1.807) is 24.3 Å². The quantitative estimate of drug-likeness (QED) is 0.467. The van der Waals surface area contributed by atoms with Crippen molar-refractivity contribution in [3.63, 3.8) is 0 Å². The third-order valence-corrected chi connectivity index (χ3v) is 5.20. The Morgan fingerprint density at radius 3 is 2.52 bits per heavy atom. The van der Waals surface area contributed by atoms with Gasteiger partial charge in [-0.25, -0.2) is 9.29 Å². The van der Waals surface area contributed by atoms with Crippen LogP contribution in [-0.4, -0.2) is 28.8 Å². The Bertz CT molecular complexity index is 872. The van der Waals surface area contributed by atoms with E-state index in [-0.39, 0.29) is 18.2 Å². The molecule has 5 nitrogen and oxygen atoms in total. The van der Waals surface area contributed by atoms with E-state index < -0.39 is 11.1 Å². The Morgan fingerprint density at radius 1 is 1.22 bits per heavy atom.